The van der Waals surface area contributed by atoms with Crippen molar-refractivity contribution in [3.8, 4) is 0 Å². The summed E-state index contributed by atoms with van der Waals surface area (Å²) in [6.45, 7) is 2.13. The Balaban J connectivity index is 2.16. The first-order valence-corrected chi connectivity index (χ1v) is 7.27. The molecule has 0 saturated carbocycles. The fourth-order valence-corrected chi connectivity index (χ4v) is 2.84. The van der Waals surface area contributed by atoms with Gasteiger partial charge in [0, 0.05) is 24.8 Å². The van der Waals surface area contributed by atoms with Gasteiger partial charge in [-0.1, -0.05) is 25.1 Å². The van der Waals surface area contributed by atoms with Crippen LogP contribution in [0.3, 0.4) is 0 Å². The summed E-state index contributed by atoms with van der Waals surface area (Å²) in [5.41, 5.74) is 3.52. The van der Waals surface area contributed by atoms with E-state index in [1.54, 1.807) is 0 Å². The highest BCUT2D eigenvalue weighted by Crippen LogP contribution is 2.28. The Morgan fingerprint density at radius 1 is 1.29 bits per heavy atom. The molecule has 0 aliphatic heterocycles. The summed E-state index contributed by atoms with van der Waals surface area (Å²) >= 11 is 0. The number of aromatic nitrogens is 3. The Kier molecular flexibility index (Phi) is 3.71. The molecule has 3 aromatic rings. The molecule has 2 aromatic heterocycles. The number of hydrogen-bond acceptors (Lipinski definition) is 3. The van der Waals surface area contributed by atoms with Gasteiger partial charge in [0.2, 0.25) is 0 Å². The minimum absolute atomic E-state index is 0.107. The molecule has 0 fully saturated rings. The first kappa shape index (κ1) is 13.8. The molecule has 0 aliphatic rings. The molecule has 1 unspecified atom stereocenters. The zero-order valence-electron chi connectivity index (χ0n) is 12.7. The molecule has 1 atom stereocenters. The van der Waals surface area contributed by atoms with Gasteiger partial charge in [0.25, 0.3) is 0 Å². The Morgan fingerprint density at radius 2 is 2.14 bits per heavy atom. The van der Waals surface area contributed by atoms with Crippen molar-refractivity contribution >= 4 is 10.8 Å². The quantitative estimate of drug-likeness (QED) is 0.799. The largest absolute Gasteiger partial charge is 0.308 e. The summed E-state index contributed by atoms with van der Waals surface area (Å²) in [4.78, 5) is 4.28. The Bertz CT molecular complexity index is 755. The minimum atomic E-state index is 0.107. The number of pyridine rings is 1. The highest BCUT2D eigenvalue weighted by molar-refractivity contribution is 5.85. The zero-order chi connectivity index (χ0) is 14.8. The van der Waals surface area contributed by atoms with Crippen molar-refractivity contribution in [1.29, 1.82) is 0 Å². The summed E-state index contributed by atoms with van der Waals surface area (Å²) < 4.78 is 1.97. The lowest BCUT2D eigenvalue weighted by Gasteiger charge is -2.18. The van der Waals surface area contributed by atoms with Gasteiger partial charge in [0.05, 0.1) is 17.4 Å². The molecular weight excluding hydrogens is 260 g/mol. The van der Waals surface area contributed by atoms with Gasteiger partial charge < -0.3 is 5.32 Å². The van der Waals surface area contributed by atoms with Gasteiger partial charge in [-0.3, -0.25) is 9.67 Å². The molecule has 0 saturated heterocycles. The molecule has 0 aliphatic carbocycles. The van der Waals surface area contributed by atoms with E-state index in [4.69, 9.17) is 0 Å². The van der Waals surface area contributed by atoms with Crippen LogP contribution < -0.4 is 5.32 Å². The monoisotopic (exact) mass is 280 g/mol. The molecule has 1 aromatic carbocycles. The van der Waals surface area contributed by atoms with Gasteiger partial charge in [0.1, 0.15) is 0 Å². The van der Waals surface area contributed by atoms with Crippen LogP contribution in [0.2, 0.25) is 0 Å². The van der Waals surface area contributed by atoms with E-state index in [0.717, 1.165) is 12.1 Å². The molecule has 1 N–H and O–H groups in total. The Morgan fingerprint density at radius 3 is 2.86 bits per heavy atom. The first-order valence-electron chi connectivity index (χ1n) is 7.27. The highest BCUT2D eigenvalue weighted by atomic mass is 15.3. The van der Waals surface area contributed by atoms with Crippen LogP contribution in [0.4, 0.5) is 0 Å². The van der Waals surface area contributed by atoms with E-state index in [9.17, 15) is 0 Å². The summed E-state index contributed by atoms with van der Waals surface area (Å²) in [6.07, 6.45) is 4.72. The maximum Gasteiger partial charge on any atom is 0.0752 e. The second-order valence-corrected chi connectivity index (χ2v) is 5.20. The standard InChI is InChI=1S/C17H20N4/c1-4-13-10-16(21(3)20-13)17(18-2)14-7-5-6-12-8-9-19-11-15(12)14/h5-11,17-18H,4H2,1-3H3. The zero-order valence-corrected chi connectivity index (χ0v) is 12.7. The third kappa shape index (κ3) is 2.43. The summed E-state index contributed by atoms with van der Waals surface area (Å²) in [6, 6.07) is 10.7. The fraction of sp³-hybridized carbons (Fsp3) is 0.294. The molecular formula is C17H20N4. The molecule has 0 radical (unpaired) electrons. The van der Waals surface area contributed by atoms with E-state index < -0.39 is 0 Å². The minimum Gasteiger partial charge on any atom is -0.308 e. The number of fused-ring (bicyclic) bond motifs is 1. The maximum absolute atomic E-state index is 4.56. The van der Waals surface area contributed by atoms with E-state index >= 15 is 0 Å². The summed E-state index contributed by atoms with van der Waals surface area (Å²) in [5.74, 6) is 0. The second-order valence-electron chi connectivity index (χ2n) is 5.20. The van der Waals surface area contributed by atoms with E-state index in [-0.39, 0.29) is 6.04 Å². The van der Waals surface area contributed by atoms with Crippen molar-refractivity contribution in [3.63, 3.8) is 0 Å². The third-order valence-corrected chi connectivity index (χ3v) is 3.94. The van der Waals surface area contributed by atoms with E-state index in [2.05, 4.69) is 46.6 Å². The van der Waals surface area contributed by atoms with Crippen molar-refractivity contribution in [2.24, 2.45) is 7.05 Å². The summed E-state index contributed by atoms with van der Waals surface area (Å²) in [7, 11) is 3.99. The number of nitrogens with one attached hydrogen (secondary N) is 1. The van der Waals surface area contributed by atoms with E-state index in [1.807, 2.05) is 37.2 Å². The van der Waals surface area contributed by atoms with Crippen LogP contribution in [0, 0.1) is 0 Å². The predicted octanol–water partition coefficient (Wildman–Crippen LogP) is 2.84. The third-order valence-electron chi connectivity index (χ3n) is 3.94. The topological polar surface area (TPSA) is 42.7 Å². The van der Waals surface area contributed by atoms with Crippen LogP contribution in [0.5, 0.6) is 0 Å². The molecule has 3 rings (SSSR count). The lowest BCUT2D eigenvalue weighted by atomic mass is 9.98. The Labute approximate surface area is 124 Å². The van der Waals surface area contributed by atoms with Gasteiger partial charge in [-0.15, -0.1) is 0 Å². The summed E-state index contributed by atoms with van der Waals surface area (Å²) in [5, 5.41) is 10.4. The first-order chi connectivity index (χ1) is 10.2. The highest BCUT2D eigenvalue weighted by Gasteiger charge is 2.19. The van der Waals surface area contributed by atoms with Crippen molar-refractivity contribution in [3.05, 3.63) is 59.7 Å². The van der Waals surface area contributed by atoms with Crippen LogP contribution in [-0.4, -0.2) is 21.8 Å². The van der Waals surface area contributed by atoms with Gasteiger partial charge >= 0.3 is 0 Å². The lowest BCUT2D eigenvalue weighted by Crippen LogP contribution is -2.20. The van der Waals surface area contributed by atoms with Gasteiger partial charge in [-0.05, 0) is 36.6 Å². The number of rotatable bonds is 4. The average molecular weight is 280 g/mol. The number of aryl methyl sites for hydroxylation is 2. The lowest BCUT2D eigenvalue weighted by molar-refractivity contribution is 0.606. The number of hydrogen-bond donors (Lipinski definition) is 1. The van der Waals surface area contributed by atoms with Crippen molar-refractivity contribution in [2.75, 3.05) is 7.05 Å². The second kappa shape index (κ2) is 5.66. The van der Waals surface area contributed by atoms with Gasteiger partial charge in [0.15, 0.2) is 0 Å². The van der Waals surface area contributed by atoms with Crippen molar-refractivity contribution in [2.45, 2.75) is 19.4 Å². The van der Waals surface area contributed by atoms with Gasteiger partial charge in [-0.2, -0.15) is 5.10 Å². The van der Waals surface area contributed by atoms with Crippen LogP contribution in [0.15, 0.2) is 42.7 Å². The predicted molar refractivity (Wildman–Crippen MR) is 85.2 cm³/mol. The molecule has 0 bridgehead atoms. The molecule has 21 heavy (non-hydrogen) atoms. The molecule has 0 amide bonds. The van der Waals surface area contributed by atoms with Crippen LogP contribution in [0.25, 0.3) is 10.8 Å². The molecule has 2 heterocycles. The Hall–Kier alpha value is -2.20. The van der Waals surface area contributed by atoms with Crippen molar-refractivity contribution < 1.29 is 0 Å². The average Bonchev–Trinajstić information content (AvgIpc) is 2.89. The molecule has 4 nitrogen and oxygen atoms in total. The fourth-order valence-electron chi connectivity index (χ4n) is 2.84. The molecule has 4 heteroatoms. The van der Waals surface area contributed by atoms with Crippen molar-refractivity contribution in [1.82, 2.24) is 20.1 Å². The smallest absolute Gasteiger partial charge is 0.0752 e. The molecule has 108 valence electrons. The van der Waals surface area contributed by atoms with E-state index in [1.165, 1.54) is 22.0 Å². The van der Waals surface area contributed by atoms with Crippen LogP contribution in [0.1, 0.15) is 29.9 Å². The molecule has 0 spiro atoms. The number of benzene rings is 1. The number of nitrogens with zero attached hydrogens (tertiary/aromatic N) is 3. The van der Waals surface area contributed by atoms with E-state index in [0.29, 0.717) is 0 Å². The van der Waals surface area contributed by atoms with Crippen LogP contribution >= 0.6 is 0 Å². The SMILES string of the molecule is CCc1cc(C(NC)c2cccc3ccncc23)n(C)n1. The van der Waals surface area contributed by atoms with Gasteiger partial charge in [-0.25, -0.2) is 0 Å². The maximum atomic E-state index is 4.56. The normalized spacial score (nSPS) is 12.7. The van der Waals surface area contributed by atoms with Crippen LogP contribution in [-0.2, 0) is 13.5 Å².